The Bertz CT molecular complexity index is 406. The number of halogens is 1. The highest BCUT2D eigenvalue weighted by molar-refractivity contribution is 7.80. The smallest absolute Gasteiger partial charge is 0.141 e. The van der Waals surface area contributed by atoms with Crippen molar-refractivity contribution < 1.29 is 4.39 Å². The maximum Gasteiger partial charge on any atom is 0.141 e. The van der Waals surface area contributed by atoms with Crippen molar-refractivity contribution in [1.29, 1.82) is 0 Å². The lowest BCUT2D eigenvalue weighted by Gasteiger charge is -2.21. The Balaban J connectivity index is 1.95. The van der Waals surface area contributed by atoms with Crippen LogP contribution in [0, 0.1) is 5.82 Å². The molecular formula is C12H16FN3S. The van der Waals surface area contributed by atoms with Crippen molar-refractivity contribution in [2.24, 2.45) is 5.73 Å². The van der Waals surface area contributed by atoms with E-state index < -0.39 is 0 Å². The standard InChI is InChI=1S/C12H16FN3S/c13-10-5-9(6-15-7-10)8-16(11-1-2-11)4-3-12(14)17/h5-7,11H,1-4,8H2,(H2,14,17). The van der Waals surface area contributed by atoms with Gasteiger partial charge in [-0.15, -0.1) is 0 Å². The third-order valence-corrected chi connectivity index (χ3v) is 3.06. The van der Waals surface area contributed by atoms with Crippen LogP contribution in [-0.4, -0.2) is 27.5 Å². The van der Waals surface area contributed by atoms with Gasteiger partial charge >= 0.3 is 0 Å². The molecule has 3 nitrogen and oxygen atoms in total. The minimum atomic E-state index is -0.285. The molecule has 0 aromatic carbocycles. The quantitative estimate of drug-likeness (QED) is 0.786. The Labute approximate surface area is 106 Å². The molecule has 2 N–H and O–H groups in total. The Morgan fingerprint density at radius 1 is 1.53 bits per heavy atom. The molecule has 17 heavy (non-hydrogen) atoms. The highest BCUT2D eigenvalue weighted by Crippen LogP contribution is 2.28. The number of hydrogen-bond acceptors (Lipinski definition) is 3. The molecule has 2 rings (SSSR count). The molecule has 1 saturated carbocycles. The molecule has 1 heterocycles. The zero-order valence-corrected chi connectivity index (χ0v) is 10.4. The monoisotopic (exact) mass is 253 g/mol. The van der Waals surface area contributed by atoms with Gasteiger partial charge in [-0.3, -0.25) is 9.88 Å². The van der Waals surface area contributed by atoms with Crippen molar-refractivity contribution in [2.45, 2.75) is 31.8 Å². The van der Waals surface area contributed by atoms with Gasteiger partial charge < -0.3 is 5.73 Å². The van der Waals surface area contributed by atoms with Crippen molar-refractivity contribution in [3.8, 4) is 0 Å². The van der Waals surface area contributed by atoms with E-state index in [-0.39, 0.29) is 5.82 Å². The summed E-state index contributed by atoms with van der Waals surface area (Å²) < 4.78 is 13.0. The largest absolute Gasteiger partial charge is 0.393 e. The highest BCUT2D eigenvalue weighted by Gasteiger charge is 2.28. The summed E-state index contributed by atoms with van der Waals surface area (Å²) in [4.78, 5) is 6.70. The number of nitrogens with zero attached hydrogens (tertiary/aromatic N) is 2. The van der Waals surface area contributed by atoms with E-state index in [1.54, 1.807) is 6.20 Å². The molecule has 92 valence electrons. The SMILES string of the molecule is NC(=S)CCN(Cc1cncc(F)c1)C1CC1. The summed E-state index contributed by atoms with van der Waals surface area (Å²) in [5.41, 5.74) is 6.41. The van der Waals surface area contributed by atoms with E-state index >= 15 is 0 Å². The predicted molar refractivity (Wildman–Crippen MR) is 69.0 cm³/mol. The van der Waals surface area contributed by atoms with Gasteiger partial charge in [0.2, 0.25) is 0 Å². The number of nitrogens with two attached hydrogens (primary N) is 1. The summed E-state index contributed by atoms with van der Waals surface area (Å²) in [5.74, 6) is -0.285. The van der Waals surface area contributed by atoms with Crippen molar-refractivity contribution in [3.63, 3.8) is 0 Å². The number of thiocarbonyl (C=S) groups is 1. The number of rotatable bonds is 6. The number of pyridine rings is 1. The lowest BCUT2D eigenvalue weighted by molar-refractivity contribution is 0.262. The van der Waals surface area contributed by atoms with E-state index in [1.807, 2.05) is 0 Å². The van der Waals surface area contributed by atoms with Crippen molar-refractivity contribution in [2.75, 3.05) is 6.54 Å². The first-order valence-electron chi connectivity index (χ1n) is 5.77. The van der Waals surface area contributed by atoms with Crippen LogP contribution in [0.2, 0.25) is 0 Å². The Hall–Kier alpha value is -1.07. The second-order valence-corrected chi connectivity index (χ2v) is 4.95. The van der Waals surface area contributed by atoms with Gasteiger partial charge in [-0.25, -0.2) is 4.39 Å². The highest BCUT2D eigenvalue weighted by atomic mass is 32.1. The lowest BCUT2D eigenvalue weighted by atomic mass is 10.2. The Morgan fingerprint density at radius 3 is 2.88 bits per heavy atom. The van der Waals surface area contributed by atoms with E-state index in [1.165, 1.54) is 25.1 Å². The molecule has 1 aliphatic carbocycles. The van der Waals surface area contributed by atoms with Crippen LogP contribution in [0.25, 0.3) is 0 Å². The summed E-state index contributed by atoms with van der Waals surface area (Å²) in [6.07, 6.45) is 6.06. The van der Waals surface area contributed by atoms with Crippen LogP contribution in [-0.2, 0) is 6.54 Å². The average molecular weight is 253 g/mol. The minimum Gasteiger partial charge on any atom is -0.393 e. The van der Waals surface area contributed by atoms with E-state index in [4.69, 9.17) is 18.0 Å². The molecule has 0 amide bonds. The van der Waals surface area contributed by atoms with Crippen LogP contribution in [0.3, 0.4) is 0 Å². The van der Waals surface area contributed by atoms with Gasteiger partial charge in [0.05, 0.1) is 11.2 Å². The van der Waals surface area contributed by atoms with E-state index in [2.05, 4.69) is 9.88 Å². The fraction of sp³-hybridized carbons (Fsp3) is 0.500. The van der Waals surface area contributed by atoms with Crippen LogP contribution < -0.4 is 5.73 Å². The zero-order chi connectivity index (χ0) is 12.3. The molecule has 1 aromatic rings. The van der Waals surface area contributed by atoms with Crippen molar-refractivity contribution in [3.05, 3.63) is 29.8 Å². The van der Waals surface area contributed by atoms with Gasteiger partial charge in [0.25, 0.3) is 0 Å². The summed E-state index contributed by atoms with van der Waals surface area (Å²) in [5, 5.41) is 0. The Morgan fingerprint density at radius 2 is 2.29 bits per heavy atom. The zero-order valence-electron chi connectivity index (χ0n) is 9.60. The van der Waals surface area contributed by atoms with Crippen LogP contribution >= 0.6 is 12.2 Å². The molecule has 1 fully saturated rings. The van der Waals surface area contributed by atoms with Crippen LogP contribution in [0.15, 0.2) is 18.5 Å². The Kier molecular flexibility index (Phi) is 4.02. The molecule has 0 spiro atoms. The van der Waals surface area contributed by atoms with E-state index in [0.717, 1.165) is 18.7 Å². The molecular weight excluding hydrogens is 237 g/mol. The summed E-state index contributed by atoms with van der Waals surface area (Å²) in [6.45, 7) is 1.56. The third kappa shape index (κ3) is 4.02. The van der Waals surface area contributed by atoms with Gasteiger partial charge in [0.1, 0.15) is 5.82 Å². The van der Waals surface area contributed by atoms with Crippen LogP contribution in [0.1, 0.15) is 24.8 Å². The maximum atomic E-state index is 13.0. The van der Waals surface area contributed by atoms with Gasteiger partial charge in [-0.2, -0.15) is 0 Å². The summed E-state index contributed by atoms with van der Waals surface area (Å²) in [7, 11) is 0. The molecule has 0 unspecified atom stereocenters. The average Bonchev–Trinajstić information content (AvgIpc) is 3.07. The second kappa shape index (κ2) is 5.51. The maximum absolute atomic E-state index is 13.0. The first-order chi connectivity index (χ1) is 8.15. The summed E-state index contributed by atoms with van der Waals surface area (Å²) in [6, 6.07) is 2.14. The number of hydrogen-bond donors (Lipinski definition) is 1. The summed E-state index contributed by atoms with van der Waals surface area (Å²) >= 11 is 4.89. The first-order valence-corrected chi connectivity index (χ1v) is 6.18. The molecule has 0 aliphatic heterocycles. The minimum absolute atomic E-state index is 0.285. The van der Waals surface area contributed by atoms with Crippen LogP contribution in [0.5, 0.6) is 0 Å². The first kappa shape index (κ1) is 12.4. The van der Waals surface area contributed by atoms with Gasteiger partial charge in [0.15, 0.2) is 0 Å². The van der Waals surface area contributed by atoms with Crippen molar-refractivity contribution in [1.82, 2.24) is 9.88 Å². The van der Waals surface area contributed by atoms with E-state index in [9.17, 15) is 4.39 Å². The topological polar surface area (TPSA) is 42.1 Å². The van der Waals surface area contributed by atoms with E-state index in [0.29, 0.717) is 17.5 Å². The van der Waals surface area contributed by atoms with Crippen molar-refractivity contribution >= 4 is 17.2 Å². The van der Waals surface area contributed by atoms with Gasteiger partial charge in [-0.05, 0) is 24.5 Å². The normalized spacial score (nSPS) is 15.2. The fourth-order valence-electron chi connectivity index (χ4n) is 1.86. The second-order valence-electron chi connectivity index (χ2n) is 4.43. The van der Waals surface area contributed by atoms with Gasteiger partial charge in [0, 0.05) is 31.7 Å². The molecule has 0 atom stereocenters. The molecule has 1 aromatic heterocycles. The molecule has 5 heteroatoms. The van der Waals surface area contributed by atoms with Gasteiger partial charge in [-0.1, -0.05) is 12.2 Å². The predicted octanol–water partition coefficient (Wildman–Crippen LogP) is 1.86. The molecule has 0 bridgehead atoms. The third-order valence-electron chi connectivity index (χ3n) is 2.86. The molecule has 1 aliphatic rings. The molecule has 0 radical (unpaired) electrons. The molecule has 0 saturated heterocycles. The number of aromatic nitrogens is 1. The van der Waals surface area contributed by atoms with Crippen LogP contribution in [0.4, 0.5) is 4.39 Å². The lowest BCUT2D eigenvalue weighted by Crippen LogP contribution is -2.29. The fourth-order valence-corrected chi connectivity index (χ4v) is 1.95.